The number of carboxylic acid groups (broad SMARTS) is 1. The first-order chi connectivity index (χ1) is 9.20. The van der Waals surface area contributed by atoms with Gasteiger partial charge >= 0.3 is 11.3 Å². The quantitative estimate of drug-likeness (QED) is 0.124. The molecule has 0 heterocycles. The zero-order valence-electron chi connectivity index (χ0n) is 13.9. The first-order valence-corrected chi connectivity index (χ1v) is 10.6. The molecule has 14 heteroatoms. The van der Waals surface area contributed by atoms with Crippen molar-refractivity contribution >= 4 is 152 Å². The molecule has 24 heavy (non-hydrogen) atoms. The van der Waals surface area contributed by atoms with Crippen LogP contribution >= 0.6 is 138 Å². The summed E-state index contributed by atoms with van der Waals surface area (Å²) in [5.41, 5.74) is 0. The first kappa shape index (κ1) is 71.5. The molecule has 0 radical (unpaired) electrons. The molecular weight excluding hydrogens is 1010 g/mol. The summed E-state index contributed by atoms with van der Waals surface area (Å²) in [4.78, 5) is 31.8. The van der Waals surface area contributed by atoms with Crippen LogP contribution in [0.1, 0.15) is 20.8 Å². The summed E-state index contributed by atoms with van der Waals surface area (Å²) >= 11 is 7.71. The van der Waals surface area contributed by atoms with Gasteiger partial charge in [-0.3, -0.25) is 14.4 Å². The molecule has 0 aliphatic rings. The Morgan fingerprint density at radius 3 is 0.750 bits per heavy atom. The van der Waals surface area contributed by atoms with Gasteiger partial charge in [0.1, 0.15) is 0 Å². The number of halogens is 6. The van der Waals surface area contributed by atoms with Crippen LogP contribution in [0.4, 0.5) is 0 Å². The zero-order valence-corrected chi connectivity index (χ0v) is 27.1. The number of hydrogen-bond acceptors (Lipinski definition) is 4. The minimum atomic E-state index is -0.833. The van der Waals surface area contributed by atoms with Crippen LogP contribution in [-0.4, -0.2) is 51.7 Å². The Kier molecular flexibility index (Phi) is 339. The van der Waals surface area contributed by atoms with E-state index in [9.17, 15) is 9.59 Å². The van der Waals surface area contributed by atoms with Crippen molar-refractivity contribution in [1.29, 1.82) is 0 Å². The van der Waals surface area contributed by atoms with Gasteiger partial charge in [0.2, 0.25) is 0 Å². The second-order valence-electron chi connectivity index (χ2n) is 1.46. The van der Waals surface area contributed by atoms with Gasteiger partial charge in [-0.15, -0.1) is 48.0 Å². The van der Waals surface area contributed by atoms with Gasteiger partial charge in [0, 0.05) is 27.9 Å². The van der Waals surface area contributed by atoms with Gasteiger partial charge in [0.05, 0.1) is 0 Å². The fourth-order valence-corrected chi connectivity index (χ4v) is 0. The Hall–Kier alpha value is 2.81. The number of aliphatic carboxylic acids is 1. The predicted octanol–water partition coefficient (Wildman–Crippen LogP) is 3.29. The Morgan fingerprint density at radius 1 is 0.750 bits per heavy atom. The maximum atomic E-state index is 9.43. The molecule has 8 nitrogen and oxygen atoms in total. The molecule has 0 aliphatic carbocycles. The standard InChI is InChI=1S/2C2H3IO.C2H4O2.2CH3I.CH4O.CO.2HI.2H2O/c3*1-2(3)4;4*1-2;;;;/h2*1H3;1H3,(H,3,4);2*1H3;2H,1H3;;2*1H;2*1H2. The fourth-order valence-electron chi connectivity index (χ4n) is 0. The second-order valence-corrected chi connectivity index (χ2v) is 4.50. The molecule has 0 atom stereocenters. The van der Waals surface area contributed by atoms with Crippen LogP contribution in [0.2, 0.25) is 0 Å². The molecule has 0 aromatic carbocycles. The van der Waals surface area contributed by atoms with Crippen molar-refractivity contribution in [1.82, 2.24) is 0 Å². The number of aliphatic hydroxyl groups excluding tert-OH is 1. The van der Waals surface area contributed by atoms with Crippen molar-refractivity contribution in [3.05, 3.63) is 6.65 Å². The third-order valence-corrected chi connectivity index (χ3v) is 0. The van der Waals surface area contributed by atoms with Gasteiger partial charge in [0.15, 0.2) is 7.58 Å². The van der Waals surface area contributed by atoms with Crippen molar-refractivity contribution in [3.8, 4) is 0 Å². The number of carboxylic acids is 1. The number of carbonyl (C=O) groups excluding carboxylic acids is 2. The molecule has 0 aliphatic heterocycles. The normalized spacial score (nSPS) is 4.04. The van der Waals surface area contributed by atoms with Crippen molar-refractivity contribution in [3.63, 3.8) is 0 Å². The third kappa shape index (κ3) is 1780. The van der Waals surface area contributed by atoms with Crippen LogP contribution in [0.25, 0.3) is 0 Å². The SMILES string of the molecule is CC(=O)I.CC(=O)I.CC(=O)O.CI.CI.CO.I.I.O.O.[C-]#[O+]. The van der Waals surface area contributed by atoms with E-state index >= 15 is 0 Å². The summed E-state index contributed by atoms with van der Waals surface area (Å²) in [6.45, 7) is 8.61. The van der Waals surface area contributed by atoms with E-state index in [1.807, 2.05) is 9.86 Å². The average molecular weight is 1040 g/mol. The summed E-state index contributed by atoms with van der Waals surface area (Å²) < 4.78 is 7.77. The number of alkyl halides is 2. The van der Waals surface area contributed by atoms with E-state index in [2.05, 4.69) is 51.8 Å². The van der Waals surface area contributed by atoms with Crippen LogP contribution in [0.5, 0.6) is 0 Å². The van der Waals surface area contributed by atoms with Crippen molar-refractivity contribution in [2.24, 2.45) is 0 Å². The molecule has 0 spiro atoms. The number of aliphatic hydroxyl groups is 1. The molecule has 0 saturated carbocycles. The van der Waals surface area contributed by atoms with Crippen molar-refractivity contribution < 1.29 is 40.2 Å². The van der Waals surface area contributed by atoms with Gasteiger partial charge < -0.3 is 21.2 Å². The Bertz CT molecular complexity index is 165. The van der Waals surface area contributed by atoms with Crippen LogP contribution < -0.4 is 0 Å². The zero-order chi connectivity index (χ0) is 18.7. The van der Waals surface area contributed by atoms with Crippen LogP contribution in [-0.2, 0) is 19.0 Å². The monoisotopic (exact) mass is 1040 g/mol. The molecule has 0 aromatic heterocycles. The van der Waals surface area contributed by atoms with Crippen LogP contribution in [0.3, 0.4) is 0 Å². The number of carbonyl (C=O) groups is 3. The first-order valence-electron chi connectivity index (χ1n) is 4.12. The topological polar surface area (TPSA) is 175 Å². The molecule has 0 saturated heterocycles. The Labute approximate surface area is 232 Å². The van der Waals surface area contributed by atoms with Gasteiger partial charge in [-0.05, 0) is 55.0 Å². The van der Waals surface area contributed by atoms with Crippen molar-refractivity contribution in [2.45, 2.75) is 20.8 Å². The van der Waals surface area contributed by atoms with Gasteiger partial charge in [0.25, 0.3) is 5.97 Å². The summed E-state index contributed by atoms with van der Waals surface area (Å²) in [6.07, 6.45) is 0. The van der Waals surface area contributed by atoms with E-state index in [0.29, 0.717) is 0 Å². The number of hydrogen-bond donors (Lipinski definition) is 2. The maximum absolute atomic E-state index is 9.43. The number of rotatable bonds is 0. The summed E-state index contributed by atoms with van der Waals surface area (Å²) in [6, 6.07) is 0. The molecule has 0 rings (SSSR count). The summed E-state index contributed by atoms with van der Waals surface area (Å²) in [5.74, 6) is -0.833. The van der Waals surface area contributed by atoms with Gasteiger partial charge in [-0.2, -0.15) is 0 Å². The van der Waals surface area contributed by atoms with Gasteiger partial charge in [-0.1, -0.05) is 45.2 Å². The van der Waals surface area contributed by atoms with E-state index in [0.717, 1.165) is 14.0 Å². The minimum absolute atomic E-state index is 0. The average Bonchev–Trinajstić information content (AvgIpc) is 2.36. The van der Waals surface area contributed by atoms with E-state index in [1.54, 1.807) is 45.2 Å². The van der Waals surface area contributed by atoms with Crippen LogP contribution in [0, 0.1) is 6.65 Å². The third-order valence-electron chi connectivity index (χ3n) is 0. The van der Waals surface area contributed by atoms with Crippen LogP contribution in [0.15, 0.2) is 0 Å². The molecule has 156 valence electrons. The van der Waals surface area contributed by atoms with E-state index in [1.165, 1.54) is 13.8 Å². The molecule has 0 amide bonds. The molecular formula is C10H26I6O8. The predicted molar refractivity (Wildman–Crippen MR) is 153 cm³/mol. The van der Waals surface area contributed by atoms with E-state index < -0.39 is 5.97 Å². The summed E-state index contributed by atoms with van der Waals surface area (Å²) in [7, 11) is 1.00. The summed E-state index contributed by atoms with van der Waals surface area (Å²) in [5, 5.41) is 14.4. The Balaban J connectivity index is -0.00000000913. The molecule has 0 aromatic rings. The molecule has 0 bridgehead atoms. The van der Waals surface area contributed by atoms with Crippen molar-refractivity contribution in [2.75, 3.05) is 17.0 Å². The second kappa shape index (κ2) is 114. The van der Waals surface area contributed by atoms with Gasteiger partial charge in [-0.25, -0.2) is 0 Å². The van der Waals surface area contributed by atoms with E-state index in [4.69, 9.17) is 19.7 Å². The van der Waals surface area contributed by atoms with E-state index in [-0.39, 0.29) is 66.5 Å². The Morgan fingerprint density at radius 2 is 0.750 bits per heavy atom. The fraction of sp³-hybridized carbons (Fsp3) is 0.600. The molecule has 6 N–H and O–H groups in total. The molecule has 0 fully saturated rings. The molecule has 0 unspecified atom stereocenters.